The van der Waals surface area contributed by atoms with E-state index in [0.29, 0.717) is 4.21 Å². The van der Waals surface area contributed by atoms with Crippen LogP contribution >= 0.6 is 22.9 Å². The Morgan fingerprint density at radius 2 is 2.07 bits per heavy atom. The summed E-state index contributed by atoms with van der Waals surface area (Å²) in [6.45, 7) is 5.37. The topological polar surface area (TPSA) is 46.2 Å². The molecular weight excluding hydrogens is 254 g/mol. The fourth-order valence-corrected chi connectivity index (χ4v) is 3.84. The number of alkyl halides is 1. The highest BCUT2D eigenvalue weighted by Crippen LogP contribution is 2.22. The number of hydrogen-bond acceptors (Lipinski definition) is 3. The number of thiophene rings is 1. The van der Waals surface area contributed by atoms with E-state index in [4.69, 9.17) is 11.6 Å². The molecule has 3 nitrogen and oxygen atoms in total. The van der Waals surface area contributed by atoms with E-state index in [0.717, 1.165) is 4.88 Å². The number of halogens is 1. The summed E-state index contributed by atoms with van der Waals surface area (Å²) >= 11 is 6.92. The first-order valence-corrected chi connectivity index (χ1v) is 7.27. The van der Waals surface area contributed by atoms with Crippen LogP contribution < -0.4 is 4.72 Å². The lowest BCUT2D eigenvalue weighted by molar-refractivity contribution is 0.497. The van der Waals surface area contributed by atoms with Crippen molar-refractivity contribution in [1.29, 1.82) is 0 Å². The Morgan fingerprint density at radius 3 is 2.47 bits per heavy atom. The van der Waals surface area contributed by atoms with Gasteiger partial charge >= 0.3 is 0 Å². The lowest BCUT2D eigenvalue weighted by atomic mass is 10.1. The van der Waals surface area contributed by atoms with Gasteiger partial charge in [0.1, 0.15) is 4.21 Å². The zero-order chi connectivity index (χ0) is 11.7. The van der Waals surface area contributed by atoms with Crippen LogP contribution in [0.5, 0.6) is 0 Å². The van der Waals surface area contributed by atoms with Crippen molar-refractivity contribution in [3.05, 3.63) is 17.0 Å². The second-order valence-corrected chi connectivity index (χ2v) is 7.45. The normalized spacial score (nSPS) is 13.1. The molecule has 0 saturated heterocycles. The zero-order valence-corrected chi connectivity index (χ0v) is 11.3. The van der Waals surface area contributed by atoms with Crippen molar-refractivity contribution in [3.63, 3.8) is 0 Å². The Balaban J connectivity index is 2.95. The van der Waals surface area contributed by atoms with E-state index in [-0.39, 0.29) is 5.88 Å². The number of rotatable bonds is 4. The predicted molar refractivity (Wildman–Crippen MR) is 64.2 cm³/mol. The summed E-state index contributed by atoms with van der Waals surface area (Å²) in [6, 6.07) is 3.39. The molecule has 0 aliphatic heterocycles. The zero-order valence-electron chi connectivity index (χ0n) is 8.87. The standard InChI is InChI=1S/C9H14ClNO2S2/c1-7-4-5-8(14-7)15(12,13)11-9(2,3)6-10/h4-5,11H,6H2,1-3H3. The summed E-state index contributed by atoms with van der Waals surface area (Å²) in [7, 11) is -3.43. The van der Waals surface area contributed by atoms with Crippen molar-refractivity contribution in [2.24, 2.45) is 0 Å². The van der Waals surface area contributed by atoms with E-state index in [1.165, 1.54) is 11.3 Å². The Morgan fingerprint density at radius 1 is 1.47 bits per heavy atom. The molecule has 1 rings (SSSR count). The number of nitrogens with one attached hydrogen (secondary N) is 1. The van der Waals surface area contributed by atoms with E-state index < -0.39 is 15.6 Å². The van der Waals surface area contributed by atoms with Gasteiger partial charge in [-0.15, -0.1) is 22.9 Å². The van der Waals surface area contributed by atoms with Crippen LogP contribution in [-0.2, 0) is 10.0 Å². The third-order valence-electron chi connectivity index (χ3n) is 1.73. The van der Waals surface area contributed by atoms with E-state index in [9.17, 15) is 8.42 Å². The Bertz CT molecular complexity index is 437. The lowest BCUT2D eigenvalue weighted by Gasteiger charge is -2.22. The lowest BCUT2D eigenvalue weighted by Crippen LogP contribution is -2.44. The second kappa shape index (κ2) is 4.41. The van der Waals surface area contributed by atoms with Gasteiger partial charge in [0.05, 0.1) is 0 Å². The molecule has 0 aliphatic rings. The van der Waals surface area contributed by atoms with Gasteiger partial charge in [0.25, 0.3) is 10.0 Å². The van der Waals surface area contributed by atoms with Gasteiger partial charge in [0, 0.05) is 16.3 Å². The van der Waals surface area contributed by atoms with Crippen LogP contribution in [0.25, 0.3) is 0 Å². The summed E-state index contributed by atoms with van der Waals surface area (Å²) in [4.78, 5) is 0.971. The van der Waals surface area contributed by atoms with Crippen LogP contribution in [0.15, 0.2) is 16.3 Å². The van der Waals surface area contributed by atoms with Gasteiger partial charge in [-0.05, 0) is 32.9 Å². The maximum Gasteiger partial charge on any atom is 0.250 e. The van der Waals surface area contributed by atoms with Gasteiger partial charge in [-0.2, -0.15) is 0 Å². The molecule has 1 N–H and O–H groups in total. The van der Waals surface area contributed by atoms with Crippen molar-refractivity contribution in [1.82, 2.24) is 4.72 Å². The van der Waals surface area contributed by atoms with Crippen LogP contribution in [0.1, 0.15) is 18.7 Å². The summed E-state index contributed by atoms with van der Waals surface area (Å²) in [6.07, 6.45) is 0. The summed E-state index contributed by atoms with van der Waals surface area (Å²) in [5.74, 6) is 0.233. The first kappa shape index (κ1) is 13.0. The molecule has 0 atom stereocenters. The maximum atomic E-state index is 11.9. The van der Waals surface area contributed by atoms with Crippen LogP contribution in [0.3, 0.4) is 0 Å². The second-order valence-electron chi connectivity index (χ2n) is 3.99. The molecule has 0 saturated carbocycles. The molecule has 1 heterocycles. The third-order valence-corrected chi connectivity index (χ3v) is 5.58. The first-order valence-electron chi connectivity index (χ1n) is 4.43. The number of hydrogen-bond donors (Lipinski definition) is 1. The molecule has 0 amide bonds. The Labute approximate surface area is 99.5 Å². The Kier molecular flexibility index (Phi) is 3.81. The monoisotopic (exact) mass is 267 g/mol. The summed E-state index contributed by atoms with van der Waals surface area (Å²) < 4.78 is 26.6. The summed E-state index contributed by atoms with van der Waals surface area (Å²) in [5, 5.41) is 0. The summed E-state index contributed by atoms with van der Waals surface area (Å²) in [5.41, 5.74) is -0.627. The maximum absolute atomic E-state index is 11.9. The number of sulfonamides is 1. The van der Waals surface area contributed by atoms with Gasteiger partial charge in [-0.3, -0.25) is 0 Å². The van der Waals surface area contributed by atoms with E-state index >= 15 is 0 Å². The fourth-order valence-electron chi connectivity index (χ4n) is 0.998. The van der Waals surface area contributed by atoms with Gasteiger partial charge < -0.3 is 0 Å². The highest BCUT2D eigenvalue weighted by Gasteiger charge is 2.26. The molecule has 15 heavy (non-hydrogen) atoms. The quantitative estimate of drug-likeness (QED) is 0.852. The van der Waals surface area contributed by atoms with Crippen molar-refractivity contribution >= 4 is 33.0 Å². The average Bonchev–Trinajstić information content (AvgIpc) is 2.51. The van der Waals surface area contributed by atoms with Gasteiger partial charge in [-0.1, -0.05) is 0 Å². The molecule has 0 fully saturated rings. The van der Waals surface area contributed by atoms with Crippen molar-refractivity contribution in [2.75, 3.05) is 5.88 Å². The van der Waals surface area contributed by atoms with Gasteiger partial charge in [-0.25, -0.2) is 13.1 Å². The van der Waals surface area contributed by atoms with Crippen LogP contribution in [0.2, 0.25) is 0 Å². The van der Waals surface area contributed by atoms with Crippen LogP contribution in [0.4, 0.5) is 0 Å². The Hall–Kier alpha value is -0.100. The smallest absolute Gasteiger partial charge is 0.206 e. The largest absolute Gasteiger partial charge is 0.250 e. The van der Waals surface area contributed by atoms with Crippen molar-refractivity contribution in [2.45, 2.75) is 30.5 Å². The molecule has 0 spiro atoms. The molecule has 86 valence electrons. The number of aryl methyl sites for hydroxylation is 1. The highest BCUT2D eigenvalue weighted by atomic mass is 35.5. The molecule has 0 unspecified atom stereocenters. The minimum absolute atomic E-state index is 0.233. The molecule has 6 heteroatoms. The third kappa shape index (κ3) is 3.45. The molecule has 0 bridgehead atoms. The average molecular weight is 268 g/mol. The first-order chi connectivity index (χ1) is 6.77. The van der Waals surface area contributed by atoms with Crippen molar-refractivity contribution < 1.29 is 8.42 Å². The molecular formula is C9H14ClNO2S2. The minimum atomic E-state index is -3.43. The molecule has 0 aliphatic carbocycles. The van der Waals surface area contributed by atoms with E-state index in [1.807, 2.05) is 6.92 Å². The molecule has 1 aromatic heterocycles. The predicted octanol–water partition coefficient (Wildman–Crippen LogP) is 2.35. The highest BCUT2D eigenvalue weighted by molar-refractivity contribution is 7.91. The van der Waals surface area contributed by atoms with Crippen LogP contribution in [0, 0.1) is 6.92 Å². The van der Waals surface area contributed by atoms with Crippen molar-refractivity contribution in [3.8, 4) is 0 Å². The van der Waals surface area contributed by atoms with Gasteiger partial charge in [0.2, 0.25) is 0 Å². The van der Waals surface area contributed by atoms with E-state index in [1.54, 1.807) is 26.0 Å². The minimum Gasteiger partial charge on any atom is -0.206 e. The van der Waals surface area contributed by atoms with Crippen LogP contribution in [-0.4, -0.2) is 19.8 Å². The molecule has 0 radical (unpaired) electrons. The van der Waals surface area contributed by atoms with E-state index in [2.05, 4.69) is 4.72 Å². The molecule has 0 aromatic carbocycles. The molecule has 1 aromatic rings. The van der Waals surface area contributed by atoms with Gasteiger partial charge in [0.15, 0.2) is 0 Å². The SMILES string of the molecule is Cc1ccc(S(=O)(=O)NC(C)(C)CCl)s1. The fraction of sp³-hybridized carbons (Fsp3) is 0.556.